The van der Waals surface area contributed by atoms with Crippen LogP contribution < -0.4 is 10.1 Å². The van der Waals surface area contributed by atoms with Crippen molar-refractivity contribution in [3.05, 3.63) is 64.8 Å². The Balaban J connectivity index is 1.84. The fraction of sp³-hybridized carbons (Fsp3) is 0.318. The van der Waals surface area contributed by atoms with Crippen molar-refractivity contribution in [2.45, 2.75) is 25.1 Å². The minimum Gasteiger partial charge on any atom is -0.496 e. The van der Waals surface area contributed by atoms with Crippen LogP contribution in [-0.2, 0) is 27.3 Å². The molecule has 6 nitrogen and oxygen atoms in total. The van der Waals surface area contributed by atoms with Crippen molar-refractivity contribution >= 4 is 16.9 Å². The number of fused-ring (bicyclic) bond motifs is 3. The van der Waals surface area contributed by atoms with Crippen LogP contribution in [0.5, 0.6) is 5.75 Å². The van der Waals surface area contributed by atoms with Gasteiger partial charge in [0.25, 0.3) is 0 Å². The summed E-state index contributed by atoms with van der Waals surface area (Å²) in [7, 11) is 4.77. The lowest BCUT2D eigenvalue weighted by atomic mass is 9.89. The van der Waals surface area contributed by atoms with Gasteiger partial charge in [-0.25, -0.2) is 4.79 Å². The number of H-pyrrole nitrogens is 1. The van der Waals surface area contributed by atoms with E-state index >= 15 is 0 Å². The molecule has 0 fully saturated rings. The first-order valence-electron chi connectivity index (χ1n) is 9.34. The number of quaternary nitrogens is 1. The second kappa shape index (κ2) is 7.66. The number of esters is 1. The maximum Gasteiger partial charge on any atom is 0.364 e. The summed E-state index contributed by atoms with van der Waals surface area (Å²) in [6.45, 7) is 0.462. The van der Waals surface area contributed by atoms with E-state index in [-0.39, 0.29) is 18.1 Å². The number of methoxy groups -OCH3 is 3. The maximum atomic E-state index is 12.4. The first-order chi connectivity index (χ1) is 13.7. The van der Waals surface area contributed by atoms with E-state index in [2.05, 4.69) is 28.5 Å². The minimum atomic E-state index is -0.283. The van der Waals surface area contributed by atoms with Crippen LogP contribution in [0.1, 0.15) is 28.4 Å². The monoisotopic (exact) mass is 381 g/mol. The molecular weight excluding hydrogens is 356 g/mol. The molecule has 6 heteroatoms. The molecule has 2 aromatic carbocycles. The normalized spacial score (nSPS) is 18.7. The smallest absolute Gasteiger partial charge is 0.364 e. The van der Waals surface area contributed by atoms with Gasteiger partial charge in [0, 0.05) is 35.6 Å². The summed E-state index contributed by atoms with van der Waals surface area (Å²) in [6.07, 6.45) is 0.642. The molecule has 2 heterocycles. The highest BCUT2D eigenvalue weighted by Gasteiger charge is 2.38. The average Bonchev–Trinajstić information content (AvgIpc) is 3.11. The van der Waals surface area contributed by atoms with E-state index in [4.69, 9.17) is 14.2 Å². The van der Waals surface area contributed by atoms with Crippen molar-refractivity contribution in [1.29, 1.82) is 0 Å². The number of nitrogens with one attached hydrogen (secondary N) is 1. The standard InChI is InChI=1S/C22H24N2O4/c1-26-12-14-10-13(8-9-19(14)27-2)20-21-16(11-18(24-20)22(25)28-3)15-6-4-5-7-17(15)23-21/h4-10,18,20,23-24H,11-12H2,1-3H3/p+1/t18-,20+/m0/s1. The van der Waals surface area contributed by atoms with Gasteiger partial charge in [-0.2, -0.15) is 0 Å². The van der Waals surface area contributed by atoms with E-state index in [1.165, 1.54) is 12.7 Å². The van der Waals surface area contributed by atoms with Crippen molar-refractivity contribution in [3.63, 3.8) is 0 Å². The number of rotatable bonds is 5. The fourth-order valence-electron chi connectivity index (χ4n) is 4.17. The van der Waals surface area contributed by atoms with E-state index in [9.17, 15) is 4.79 Å². The molecular formula is C22H25N2O4+. The molecule has 2 atom stereocenters. The molecule has 0 radical (unpaired) electrons. The van der Waals surface area contributed by atoms with Gasteiger partial charge in [0.15, 0.2) is 12.1 Å². The third kappa shape index (κ3) is 3.15. The first kappa shape index (κ1) is 18.5. The highest BCUT2D eigenvalue weighted by Crippen LogP contribution is 2.33. The SMILES string of the molecule is COCc1cc([C@H]2[NH2+][C@H](C(=O)OC)Cc3c2[nH]c2ccccc32)ccc1OC. The number of hydrogen-bond acceptors (Lipinski definition) is 4. The lowest BCUT2D eigenvalue weighted by Gasteiger charge is -2.27. The molecule has 1 aliphatic rings. The summed E-state index contributed by atoms with van der Waals surface area (Å²) in [4.78, 5) is 16.0. The Labute approximate surface area is 163 Å². The molecule has 28 heavy (non-hydrogen) atoms. The van der Waals surface area contributed by atoms with E-state index in [1.54, 1.807) is 14.2 Å². The first-order valence-corrected chi connectivity index (χ1v) is 9.34. The van der Waals surface area contributed by atoms with Gasteiger partial charge in [0.05, 0.1) is 26.5 Å². The molecule has 0 bridgehead atoms. The van der Waals surface area contributed by atoms with Gasteiger partial charge in [0.1, 0.15) is 5.75 Å². The lowest BCUT2D eigenvalue weighted by Crippen LogP contribution is -2.94. The zero-order valence-electron chi connectivity index (χ0n) is 16.3. The molecule has 4 rings (SSSR count). The number of ether oxygens (including phenoxy) is 3. The fourth-order valence-corrected chi connectivity index (χ4v) is 4.17. The molecule has 0 aliphatic carbocycles. The number of carbonyl (C=O) groups is 1. The molecule has 0 amide bonds. The Morgan fingerprint density at radius 3 is 2.75 bits per heavy atom. The van der Waals surface area contributed by atoms with E-state index in [0.29, 0.717) is 13.0 Å². The van der Waals surface area contributed by atoms with Crippen LogP contribution in [0.2, 0.25) is 0 Å². The molecule has 146 valence electrons. The number of aromatic nitrogens is 1. The molecule has 1 aliphatic heterocycles. The third-order valence-electron chi connectivity index (χ3n) is 5.47. The predicted molar refractivity (Wildman–Crippen MR) is 105 cm³/mol. The average molecular weight is 381 g/mol. The third-order valence-corrected chi connectivity index (χ3v) is 5.47. The Morgan fingerprint density at radius 2 is 2.00 bits per heavy atom. The van der Waals surface area contributed by atoms with Gasteiger partial charge in [0.2, 0.25) is 0 Å². The van der Waals surface area contributed by atoms with Crippen LogP contribution in [-0.4, -0.2) is 38.3 Å². The summed E-state index contributed by atoms with van der Waals surface area (Å²) in [5.41, 5.74) is 5.47. The topological polar surface area (TPSA) is 77.2 Å². The molecule has 0 saturated heterocycles. The van der Waals surface area contributed by atoms with E-state index in [0.717, 1.165) is 33.5 Å². The van der Waals surface area contributed by atoms with Gasteiger partial charge in [-0.05, 0) is 29.8 Å². The lowest BCUT2D eigenvalue weighted by molar-refractivity contribution is -0.712. The van der Waals surface area contributed by atoms with Crippen LogP contribution in [0.4, 0.5) is 0 Å². The zero-order chi connectivity index (χ0) is 19.7. The van der Waals surface area contributed by atoms with Crippen LogP contribution >= 0.6 is 0 Å². The number of aromatic amines is 1. The Kier molecular flexibility index (Phi) is 5.07. The minimum absolute atomic E-state index is 0.0400. The largest absolute Gasteiger partial charge is 0.496 e. The summed E-state index contributed by atoms with van der Waals surface area (Å²) >= 11 is 0. The van der Waals surface area contributed by atoms with Gasteiger partial charge >= 0.3 is 5.97 Å². The van der Waals surface area contributed by atoms with Gasteiger partial charge in [-0.1, -0.05) is 18.2 Å². The predicted octanol–water partition coefficient (Wildman–Crippen LogP) is 2.07. The number of hydrogen-bond donors (Lipinski definition) is 2. The second-order valence-corrected chi connectivity index (χ2v) is 7.07. The van der Waals surface area contributed by atoms with Crippen LogP contribution in [0.25, 0.3) is 10.9 Å². The highest BCUT2D eigenvalue weighted by molar-refractivity contribution is 5.86. The van der Waals surface area contributed by atoms with Crippen molar-refractivity contribution in [3.8, 4) is 5.75 Å². The van der Waals surface area contributed by atoms with Crippen molar-refractivity contribution in [1.82, 2.24) is 4.98 Å². The van der Waals surface area contributed by atoms with Crippen LogP contribution in [0, 0.1) is 0 Å². The number of carbonyl (C=O) groups excluding carboxylic acids is 1. The Bertz CT molecular complexity index is 1010. The number of benzene rings is 2. The Morgan fingerprint density at radius 1 is 1.18 bits per heavy atom. The van der Waals surface area contributed by atoms with Crippen LogP contribution in [0.15, 0.2) is 42.5 Å². The van der Waals surface area contributed by atoms with Crippen molar-refractivity contribution in [2.75, 3.05) is 21.3 Å². The molecule has 3 N–H and O–H groups in total. The summed E-state index contributed by atoms with van der Waals surface area (Å²) in [5, 5.41) is 3.25. The maximum absolute atomic E-state index is 12.4. The molecule has 0 saturated carbocycles. The Hall–Kier alpha value is -2.83. The van der Waals surface area contributed by atoms with Crippen LogP contribution in [0.3, 0.4) is 0 Å². The number of nitrogens with two attached hydrogens (primary N) is 1. The summed E-state index contributed by atoms with van der Waals surface area (Å²) in [6, 6.07) is 14.0. The van der Waals surface area contributed by atoms with E-state index in [1.807, 2.05) is 24.3 Å². The molecule has 3 aromatic rings. The second-order valence-electron chi connectivity index (χ2n) is 7.07. The summed E-state index contributed by atoms with van der Waals surface area (Å²) < 4.78 is 15.9. The molecule has 0 unspecified atom stereocenters. The highest BCUT2D eigenvalue weighted by atomic mass is 16.5. The van der Waals surface area contributed by atoms with Crippen molar-refractivity contribution in [2.24, 2.45) is 0 Å². The zero-order valence-corrected chi connectivity index (χ0v) is 16.3. The molecule has 0 spiro atoms. The van der Waals surface area contributed by atoms with Crippen molar-refractivity contribution < 1.29 is 24.3 Å². The van der Waals surface area contributed by atoms with Gasteiger partial charge < -0.3 is 24.5 Å². The quantitative estimate of drug-likeness (QED) is 0.664. The number of para-hydroxylation sites is 1. The van der Waals surface area contributed by atoms with E-state index < -0.39 is 0 Å². The summed E-state index contributed by atoms with van der Waals surface area (Å²) in [5.74, 6) is 0.592. The molecule has 1 aromatic heterocycles. The van der Waals surface area contributed by atoms with Gasteiger partial charge in [-0.3, -0.25) is 0 Å². The van der Waals surface area contributed by atoms with Gasteiger partial charge in [-0.15, -0.1) is 0 Å².